The van der Waals surface area contributed by atoms with Gasteiger partial charge in [0.15, 0.2) is 0 Å². The second kappa shape index (κ2) is 12.0. The number of sulfonamides is 1. The molecule has 232 valence electrons. The molecule has 0 atom stereocenters. The number of carbonyl (C=O) groups is 2. The monoisotopic (exact) mass is 634 g/mol. The number of carboxylic acids is 1. The molecule has 0 saturated carbocycles. The fourth-order valence-corrected chi connectivity index (χ4v) is 6.66. The van der Waals surface area contributed by atoms with Crippen LogP contribution in [0.25, 0.3) is 21.9 Å². The quantitative estimate of drug-likeness (QED) is 0.120. The van der Waals surface area contributed by atoms with E-state index in [4.69, 9.17) is 15.9 Å². The Kier molecular flexibility index (Phi) is 7.93. The van der Waals surface area contributed by atoms with E-state index >= 15 is 0 Å². The number of anilines is 1. The Balaban J connectivity index is 1.36. The number of nitrogens with zero attached hydrogens (tertiary/aromatic N) is 1. The first kappa shape index (κ1) is 30.4. The van der Waals surface area contributed by atoms with Gasteiger partial charge < -0.3 is 20.5 Å². The summed E-state index contributed by atoms with van der Waals surface area (Å²) in [5.41, 5.74) is 8.94. The topological polar surface area (TPSA) is 163 Å². The van der Waals surface area contributed by atoms with Gasteiger partial charge in [0.1, 0.15) is 17.3 Å². The van der Waals surface area contributed by atoms with Crippen molar-refractivity contribution in [3.63, 3.8) is 0 Å². The normalized spacial score (nSPS) is 12.8. The lowest BCUT2D eigenvalue weighted by Crippen LogP contribution is -2.34. The molecule has 6 rings (SSSR count). The summed E-state index contributed by atoms with van der Waals surface area (Å²) in [7, 11) is -4.05. The van der Waals surface area contributed by atoms with Crippen LogP contribution in [0, 0.1) is 5.41 Å². The third kappa shape index (κ3) is 6.13. The summed E-state index contributed by atoms with van der Waals surface area (Å²) in [5, 5.41) is 19.3. The van der Waals surface area contributed by atoms with Gasteiger partial charge in [-0.15, -0.1) is 0 Å². The number of nitrogens with one attached hydrogen (secondary N) is 2. The molecular formula is C35H30N4O6S. The SMILES string of the molecule is CC(=O)N1CCc2ccc(S(=O)(=O)Nc3ccc(Oc4ccc5cc(C(=N)N)ccc5c4)c(-c4ccccc4C(=O)O)c3)cc2C1. The summed E-state index contributed by atoms with van der Waals surface area (Å²) in [6, 6.07) is 26.8. The van der Waals surface area contributed by atoms with Gasteiger partial charge in [0.05, 0.1) is 10.5 Å². The molecule has 1 aliphatic heterocycles. The Labute approximate surface area is 265 Å². The summed E-state index contributed by atoms with van der Waals surface area (Å²) < 4.78 is 36.0. The summed E-state index contributed by atoms with van der Waals surface area (Å²) in [5.74, 6) is -0.466. The largest absolute Gasteiger partial charge is 0.478 e. The summed E-state index contributed by atoms with van der Waals surface area (Å²) in [4.78, 5) is 25.8. The number of carboxylic acid groups (broad SMARTS) is 1. The van der Waals surface area contributed by atoms with Crippen LogP contribution in [0.5, 0.6) is 11.5 Å². The van der Waals surface area contributed by atoms with Crippen LogP contribution in [-0.4, -0.2) is 42.7 Å². The van der Waals surface area contributed by atoms with Crippen molar-refractivity contribution in [1.29, 1.82) is 5.41 Å². The standard InChI is InChI=1S/C35H30N4O6S/c1-21(40)39-15-14-22-9-12-29(18-26(22)20-39)46(43,44)38-27-10-13-33(32(19-27)30-4-2-3-5-31(30)35(41)42)45-28-11-8-23-16-25(34(36)37)7-6-24(23)17-28/h2-13,16-19,38H,14-15,20H2,1H3,(H3,36,37)(H,41,42). The van der Waals surface area contributed by atoms with Crippen molar-refractivity contribution in [3.8, 4) is 22.6 Å². The minimum absolute atomic E-state index is 0.0207. The highest BCUT2D eigenvalue weighted by atomic mass is 32.2. The fourth-order valence-electron chi connectivity index (χ4n) is 5.56. The average molecular weight is 635 g/mol. The van der Waals surface area contributed by atoms with E-state index < -0.39 is 16.0 Å². The smallest absolute Gasteiger partial charge is 0.336 e. The molecule has 0 saturated heterocycles. The molecule has 46 heavy (non-hydrogen) atoms. The first-order valence-electron chi connectivity index (χ1n) is 14.4. The Morgan fingerprint density at radius 1 is 0.891 bits per heavy atom. The zero-order chi connectivity index (χ0) is 32.6. The second-order valence-electron chi connectivity index (χ2n) is 11.0. The van der Waals surface area contributed by atoms with E-state index in [1.165, 1.54) is 13.0 Å². The van der Waals surface area contributed by atoms with Crippen molar-refractivity contribution in [2.24, 2.45) is 5.73 Å². The first-order valence-corrected chi connectivity index (χ1v) is 15.9. The zero-order valence-corrected chi connectivity index (χ0v) is 25.6. The van der Waals surface area contributed by atoms with E-state index in [1.54, 1.807) is 77.7 Å². The molecule has 0 unspecified atom stereocenters. The predicted octanol–water partition coefficient (Wildman–Crippen LogP) is 5.99. The van der Waals surface area contributed by atoms with Gasteiger partial charge in [-0.2, -0.15) is 0 Å². The van der Waals surface area contributed by atoms with Crippen LogP contribution in [0.15, 0.2) is 102 Å². The van der Waals surface area contributed by atoms with Crippen molar-refractivity contribution in [3.05, 3.63) is 119 Å². The minimum Gasteiger partial charge on any atom is -0.478 e. The lowest BCUT2D eigenvalue weighted by Gasteiger charge is -2.28. The average Bonchev–Trinajstić information content (AvgIpc) is 3.04. The third-order valence-corrected chi connectivity index (χ3v) is 9.35. The highest BCUT2D eigenvalue weighted by Crippen LogP contribution is 2.38. The number of carbonyl (C=O) groups excluding carboxylic acids is 1. The van der Waals surface area contributed by atoms with E-state index in [1.807, 2.05) is 18.2 Å². The third-order valence-electron chi connectivity index (χ3n) is 7.98. The maximum atomic E-state index is 13.6. The molecule has 11 heteroatoms. The number of aromatic carboxylic acids is 1. The Morgan fingerprint density at radius 2 is 1.65 bits per heavy atom. The number of ether oxygens (including phenoxy) is 1. The number of amides is 1. The van der Waals surface area contributed by atoms with E-state index in [0.29, 0.717) is 47.7 Å². The van der Waals surface area contributed by atoms with E-state index in [-0.39, 0.29) is 27.9 Å². The molecule has 0 radical (unpaired) electrons. The van der Waals surface area contributed by atoms with Gasteiger partial charge in [-0.05, 0) is 88.5 Å². The fraction of sp³-hybridized carbons (Fsp3) is 0.114. The van der Waals surface area contributed by atoms with Gasteiger partial charge in [-0.3, -0.25) is 14.9 Å². The number of fused-ring (bicyclic) bond motifs is 2. The van der Waals surface area contributed by atoms with E-state index in [9.17, 15) is 23.1 Å². The highest BCUT2D eigenvalue weighted by Gasteiger charge is 2.23. The molecule has 1 heterocycles. The molecule has 0 aromatic heterocycles. The molecule has 0 spiro atoms. The number of hydrogen-bond acceptors (Lipinski definition) is 6. The maximum Gasteiger partial charge on any atom is 0.336 e. The van der Waals surface area contributed by atoms with Gasteiger partial charge in [0.25, 0.3) is 10.0 Å². The van der Waals surface area contributed by atoms with Gasteiger partial charge in [0.2, 0.25) is 5.91 Å². The van der Waals surface area contributed by atoms with Gasteiger partial charge in [-0.1, -0.05) is 42.5 Å². The lowest BCUT2D eigenvalue weighted by atomic mass is 9.98. The maximum absolute atomic E-state index is 13.6. The molecule has 1 aliphatic rings. The highest BCUT2D eigenvalue weighted by molar-refractivity contribution is 7.92. The van der Waals surface area contributed by atoms with Crippen LogP contribution >= 0.6 is 0 Å². The summed E-state index contributed by atoms with van der Waals surface area (Å²) >= 11 is 0. The number of nitrogens with two attached hydrogens (primary N) is 1. The molecule has 5 N–H and O–H groups in total. The lowest BCUT2D eigenvalue weighted by molar-refractivity contribution is -0.129. The van der Waals surface area contributed by atoms with Crippen molar-refractivity contribution < 1.29 is 27.9 Å². The first-order chi connectivity index (χ1) is 22.0. The summed E-state index contributed by atoms with van der Waals surface area (Å²) in [6.45, 7) is 2.41. The number of nitrogen functional groups attached to an aromatic ring is 1. The molecule has 1 amide bonds. The molecule has 0 aliphatic carbocycles. The van der Waals surface area contributed by atoms with Crippen molar-refractivity contribution >= 4 is 44.2 Å². The number of benzene rings is 5. The Hall–Kier alpha value is -5.68. The predicted molar refractivity (Wildman–Crippen MR) is 176 cm³/mol. The van der Waals surface area contributed by atoms with E-state index in [2.05, 4.69) is 4.72 Å². The zero-order valence-electron chi connectivity index (χ0n) is 24.8. The molecule has 0 bridgehead atoms. The second-order valence-corrected chi connectivity index (χ2v) is 12.7. The van der Waals surface area contributed by atoms with E-state index in [0.717, 1.165) is 21.9 Å². The van der Waals surface area contributed by atoms with Crippen molar-refractivity contribution in [2.75, 3.05) is 11.3 Å². The molecule has 5 aromatic rings. The van der Waals surface area contributed by atoms with Crippen LogP contribution in [-0.2, 0) is 27.8 Å². The van der Waals surface area contributed by atoms with Gasteiger partial charge in [-0.25, -0.2) is 13.2 Å². The van der Waals surface area contributed by atoms with Crippen LogP contribution in [0.4, 0.5) is 5.69 Å². The van der Waals surface area contributed by atoms with Crippen LogP contribution in [0.1, 0.15) is 34.0 Å². The molecule has 5 aromatic carbocycles. The van der Waals surface area contributed by atoms with Crippen molar-refractivity contribution in [1.82, 2.24) is 4.90 Å². The Bertz CT molecular complexity index is 2160. The molecule has 10 nitrogen and oxygen atoms in total. The molecular weight excluding hydrogens is 604 g/mol. The Morgan fingerprint density at radius 3 is 2.41 bits per heavy atom. The minimum atomic E-state index is -4.05. The molecule has 0 fully saturated rings. The van der Waals surface area contributed by atoms with Crippen LogP contribution in [0.3, 0.4) is 0 Å². The van der Waals surface area contributed by atoms with Crippen LogP contribution in [0.2, 0.25) is 0 Å². The number of amidine groups is 1. The number of rotatable bonds is 8. The summed E-state index contributed by atoms with van der Waals surface area (Å²) in [6.07, 6.45) is 0.646. The van der Waals surface area contributed by atoms with Crippen molar-refractivity contribution in [2.45, 2.75) is 24.8 Å². The van der Waals surface area contributed by atoms with Gasteiger partial charge in [0, 0.05) is 36.8 Å². The van der Waals surface area contributed by atoms with Gasteiger partial charge >= 0.3 is 5.97 Å². The number of hydrogen-bond donors (Lipinski definition) is 4. The van der Waals surface area contributed by atoms with Crippen LogP contribution < -0.4 is 15.2 Å².